The van der Waals surface area contributed by atoms with Gasteiger partial charge in [-0.25, -0.2) is 4.79 Å². The predicted octanol–water partition coefficient (Wildman–Crippen LogP) is 3.52. The van der Waals surface area contributed by atoms with E-state index in [1.54, 1.807) is 7.11 Å². The molecule has 0 aromatic heterocycles. The van der Waals surface area contributed by atoms with Crippen LogP contribution in [0.4, 0.5) is 4.79 Å². The van der Waals surface area contributed by atoms with Gasteiger partial charge < -0.3 is 14.8 Å². The van der Waals surface area contributed by atoms with E-state index in [2.05, 4.69) is 21.2 Å². The number of benzene rings is 1. The molecule has 0 spiro atoms. The molecule has 0 bridgehead atoms. The lowest BCUT2D eigenvalue weighted by Gasteiger charge is -2.19. The molecule has 0 heterocycles. The van der Waals surface area contributed by atoms with Gasteiger partial charge in [-0.05, 0) is 54.8 Å². The van der Waals surface area contributed by atoms with Crippen molar-refractivity contribution >= 4 is 22.0 Å². The molecule has 1 aromatic carbocycles. The molecule has 1 N–H and O–H groups in total. The number of hydrogen-bond donors (Lipinski definition) is 1. The van der Waals surface area contributed by atoms with Crippen LogP contribution < -0.4 is 10.1 Å². The SMILES string of the molecule is COc1c(Br)cccc1CCNC(=O)OC(C)(C)C. The van der Waals surface area contributed by atoms with Gasteiger partial charge in [-0.2, -0.15) is 0 Å². The third-order valence-electron chi connectivity index (χ3n) is 2.32. The normalized spacial score (nSPS) is 11.0. The third-order valence-corrected chi connectivity index (χ3v) is 2.94. The van der Waals surface area contributed by atoms with Crippen LogP contribution >= 0.6 is 15.9 Å². The minimum atomic E-state index is -0.475. The highest BCUT2D eigenvalue weighted by molar-refractivity contribution is 9.10. The summed E-state index contributed by atoms with van der Waals surface area (Å²) in [4.78, 5) is 11.5. The van der Waals surface area contributed by atoms with Crippen molar-refractivity contribution in [3.8, 4) is 5.75 Å². The first-order valence-electron chi connectivity index (χ1n) is 6.11. The van der Waals surface area contributed by atoms with Crippen LogP contribution in [0, 0.1) is 0 Å². The summed E-state index contributed by atoms with van der Waals surface area (Å²) in [6.07, 6.45) is 0.281. The molecule has 0 aliphatic heterocycles. The van der Waals surface area contributed by atoms with E-state index in [4.69, 9.17) is 9.47 Å². The molecule has 0 aliphatic carbocycles. The Morgan fingerprint density at radius 2 is 2.05 bits per heavy atom. The van der Waals surface area contributed by atoms with E-state index >= 15 is 0 Å². The van der Waals surface area contributed by atoms with Crippen molar-refractivity contribution in [3.05, 3.63) is 28.2 Å². The lowest BCUT2D eigenvalue weighted by Crippen LogP contribution is -2.33. The largest absolute Gasteiger partial charge is 0.495 e. The van der Waals surface area contributed by atoms with Crippen molar-refractivity contribution in [2.75, 3.05) is 13.7 Å². The number of alkyl carbamates (subject to hydrolysis) is 1. The number of ether oxygens (including phenoxy) is 2. The molecule has 0 saturated carbocycles. The van der Waals surface area contributed by atoms with E-state index in [9.17, 15) is 4.79 Å². The zero-order valence-corrected chi connectivity index (χ0v) is 13.3. The number of rotatable bonds is 4. The lowest BCUT2D eigenvalue weighted by molar-refractivity contribution is 0.0528. The van der Waals surface area contributed by atoms with Crippen LogP contribution in [-0.4, -0.2) is 25.3 Å². The Hall–Kier alpha value is -1.23. The molecule has 19 heavy (non-hydrogen) atoms. The second-order valence-electron chi connectivity index (χ2n) is 5.11. The number of carbonyl (C=O) groups excluding carboxylic acids is 1. The number of amides is 1. The summed E-state index contributed by atoms with van der Waals surface area (Å²) in [5.41, 5.74) is 0.560. The maximum atomic E-state index is 11.5. The first-order chi connectivity index (χ1) is 8.83. The van der Waals surface area contributed by atoms with Gasteiger partial charge in [-0.15, -0.1) is 0 Å². The minimum absolute atomic E-state index is 0.401. The molecule has 1 amide bonds. The summed E-state index contributed by atoms with van der Waals surface area (Å²) in [5.74, 6) is 0.800. The zero-order valence-electron chi connectivity index (χ0n) is 11.7. The van der Waals surface area contributed by atoms with Gasteiger partial charge >= 0.3 is 6.09 Å². The van der Waals surface area contributed by atoms with Crippen molar-refractivity contribution in [2.45, 2.75) is 32.8 Å². The van der Waals surface area contributed by atoms with Crippen LogP contribution in [0.5, 0.6) is 5.75 Å². The first kappa shape index (κ1) is 15.8. The fraction of sp³-hybridized carbons (Fsp3) is 0.500. The number of methoxy groups -OCH3 is 1. The monoisotopic (exact) mass is 329 g/mol. The summed E-state index contributed by atoms with van der Waals surface area (Å²) < 4.78 is 11.4. The highest BCUT2D eigenvalue weighted by atomic mass is 79.9. The van der Waals surface area contributed by atoms with E-state index in [0.29, 0.717) is 13.0 Å². The molecule has 0 fully saturated rings. The smallest absolute Gasteiger partial charge is 0.407 e. The molecule has 106 valence electrons. The molecule has 5 heteroatoms. The van der Waals surface area contributed by atoms with Crippen molar-refractivity contribution in [1.29, 1.82) is 0 Å². The highest BCUT2D eigenvalue weighted by Crippen LogP contribution is 2.28. The Kier molecular flexibility index (Phi) is 5.66. The molecule has 0 atom stereocenters. The van der Waals surface area contributed by atoms with E-state index in [-0.39, 0.29) is 0 Å². The van der Waals surface area contributed by atoms with Gasteiger partial charge in [0.25, 0.3) is 0 Å². The number of carbonyl (C=O) groups is 1. The minimum Gasteiger partial charge on any atom is -0.495 e. The molecule has 0 radical (unpaired) electrons. The number of hydrogen-bond acceptors (Lipinski definition) is 3. The third kappa shape index (κ3) is 5.51. The van der Waals surface area contributed by atoms with Gasteiger partial charge in [0.05, 0.1) is 11.6 Å². The molecule has 0 unspecified atom stereocenters. The van der Waals surface area contributed by atoms with Crippen LogP contribution in [0.15, 0.2) is 22.7 Å². The van der Waals surface area contributed by atoms with Crippen LogP contribution in [0.2, 0.25) is 0 Å². The van der Waals surface area contributed by atoms with E-state index in [1.165, 1.54) is 0 Å². The standard InChI is InChI=1S/C14H20BrNO3/c1-14(2,3)19-13(17)16-9-8-10-6-5-7-11(15)12(10)18-4/h5-7H,8-9H2,1-4H3,(H,16,17). The maximum Gasteiger partial charge on any atom is 0.407 e. The first-order valence-corrected chi connectivity index (χ1v) is 6.91. The molecule has 0 aliphatic rings. The van der Waals surface area contributed by atoms with Crippen molar-refractivity contribution in [2.24, 2.45) is 0 Å². The van der Waals surface area contributed by atoms with Crippen LogP contribution in [-0.2, 0) is 11.2 Å². The van der Waals surface area contributed by atoms with Gasteiger partial charge in [-0.3, -0.25) is 0 Å². The van der Waals surface area contributed by atoms with Crippen molar-refractivity contribution in [1.82, 2.24) is 5.32 Å². The number of nitrogens with one attached hydrogen (secondary N) is 1. The van der Waals surface area contributed by atoms with Crippen molar-refractivity contribution in [3.63, 3.8) is 0 Å². The van der Waals surface area contributed by atoms with E-state index in [0.717, 1.165) is 15.8 Å². The Labute approximate surface area is 122 Å². The molecule has 4 nitrogen and oxygen atoms in total. The van der Waals surface area contributed by atoms with Crippen molar-refractivity contribution < 1.29 is 14.3 Å². The van der Waals surface area contributed by atoms with E-state index < -0.39 is 11.7 Å². The molecule has 1 aromatic rings. The maximum absolute atomic E-state index is 11.5. The number of para-hydroxylation sites is 1. The fourth-order valence-electron chi connectivity index (χ4n) is 1.59. The molecular formula is C14H20BrNO3. The topological polar surface area (TPSA) is 47.6 Å². The average molecular weight is 330 g/mol. The molecule has 1 rings (SSSR count). The zero-order chi connectivity index (χ0) is 14.5. The fourth-order valence-corrected chi connectivity index (χ4v) is 2.16. The summed E-state index contributed by atoms with van der Waals surface area (Å²) in [5, 5.41) is 2.73. The summed E-state index contributed by atoms with van der Waals surface area (Å²) in [6.45, 7) is 6.01. The Bertz CT molecular complexity index is 441. The second kappa shape index (κ2) is 6.80. The number of halogens is 1. The molecular weight excluding hydrogens is 310 g/mol. The van der Waals surface area contributed by atoms with Crippen LogP contribution in [0.25, 0.3) is 0 Å². The average Bonchev–Trinajstić information content (AvgIpc) is 2.26. The highest BCUT2D eigenvalue weighted by Gasteiger charge is 2.15. The van der Waals surface area contributed by atoms with Gasteiger partial charge in [0, 0.05) is 6.54 Å². The van der Waals surface area contributed by atoms with E-state index in [1.807, 2.05) is 39.0 Å². The summed E-state index contributed by atoms with van der Waals surface area (Å²) >= 11 is 3.43. The second-order valence-corrected chi connectivity index (χ2v) is 5.97. The molecule has 0 saturated heterocycles. The summed E-state index contributed by atoms with van der Waals surface area (Å²) in [6, 6.07) is 5.83. The Balaban J connectivity index is 2.50. The van der Waals surface area contributed by atoms with Gasteiger partial charge in [-0.1, -0.05) is 12.1 Å². The van der Waals surface area contributed by atoms with Crippen LogP contribution in [0.3, 0.4) is 0 Å². The van der Waals surface area contributed by atoms with Crippen LogP contribution in [0.1, 0.15) is 26.3 Å². The Morgan fingerprint density at radius 1 is 1.37 bits per heavy atom. The van der Waals surface area contributed by atoms with Gasteiger partial charge in [0.2, 0.25) is 0 Å². The van der Waals surface area contributed by atoms with Gasteiger partial charge in [0.15, 0.2) is 0 Å². The van der Waals surface area contributed by atoms with Gasteiger partial charge in [0.1, 0.15) is 11.4 Å². The quantitative estimate of drug-likeness (QED) is 0.919. The summed E-state index contributed by atoms with van der Waals surface area (Å²) in [7, 11) is 1.63. The Morgan fingerprint density at radius 3 is 2.63 bits per heavy atom. The lowest BCUT2D eigenvalue weighted by atomic mass is 10.1. The predicted molar refractivity (Wildman–Crippen MR) is 78.6 cm³/mol.